The molecule has 0 saturated carbocycles. The van der Waals surface area contributed by atoms with Gasteiger partial charge >= 0.3 is 0 Å². The second-order valence-corrected chi connectivity index (χ2v) is 7.46. The van der Waals surface area contributed by atoms with Gasteiger partial charge in [0.25, 0.3) is 20.2 Å². The topological polar surface area (TPSA) is 129 Å². The van der Waals surface area contributed by atoms with Gasteiger partial charge in [0, 0.05) is 6.07 Å². The largest absolute Gasteiger partial charge is 0.508 e. The summed E-state index contributed by atoms with van der Waals surface area (Å²) in [7, 11) is -8.71. The number of phenols is 1. The quantitative estimate of drug-likeness (QED) is 0.565. The molecule has 0 aliphatic carbocycles. The van der Waals surface area contributed by atoms with E-state index in [4.69, 9.17) is 9.11 Å². The van der Waals surface area contributed by atoms with Crippen molar-refractivity contribution in [2.45, 2.75) is 9.79 Å². The van der Waals surface area contributed by atoms with E-state index in [9.17, 15) is 21.9 Å². The molecular formula is C14H12O7S2. The minimum absolute atomic E-state index is 0.249. The van der Waals surface area contributed by atoms with Gasteiger partial charge in [0.1, 0.15) is 5.75 Å². The first-order chi connectivity index (χ1) is 10.6. The Morgan fingerprint density at radius 3 is 1.74 bits per heavy atom. The van der Waals surface area contributed by atoms with Gasteiger partial charge in [-0.3, -0.25) is 9.11 Å². The van der Waals surface area contributed by atoms with Crippen molar-refractivity contribution >= 4 is 32.4 Å². The molecule has 2 rings (SSSR count). The number of hydrogen-bond donors (Lipinski definition) is 3. The SMILES string of the molecule is O=S(=O)(O)c1ccc(C=Cc2cc(O)cc(S(=O)(=O)O)c2)cc1. The van der Waals surface area contributed by atoms with Crippen molar-refractivity contribution in [3.63, 3.8) is 0 Å². The first-order valence-corrected chi connectivity index (χ1v) is 9.01. The van der Waals surface area contributed by atoms with E-state index in [0.29, 0.717) is 11.1 Å². The summed E-state index contributed by atoms with van der Waals surface area (Å²) in [6.07, 6.45) is 3.01. The summed E-state index contributed by atoms with van der Waals surface area (Å²) in [6.45, 7) is 0. The Kier molecular flexibility index (Phi) is 4.57. The predicted octanol–water partition coefficient (Wildman–Crippen LogP) is 2.06. The van der Waals surface area contributed by atoms with Crippen LogP contribution in [-0.4, -0.2) is 31.0 Å². The Bertz CT molecular complexity index is 957. The second kappa shape index (κ2) is 6.13. The first kappa shape index (κ1) is 17.2. The third kappa shape index (κ3) is 4.63. The molecule has 0 saturated heterocycles. The average Bonchev–Trinajstić information content (AvgIpc) is 2.43. The van der Waals surface area contributed by atoms with Crippen LogP contribution in [-0.2, 0) is 20.2 Å². The van der Waals surface area contributed by atoms with Crippen molar-refractivity contribution in [1.82, 2.24) is 0 Å². The Hall–Kier alpha value is -2.20. The van der Waals surface area contributed by atoms with Crippen LogP contribution >= 0.6 is 0 Å². The highest BCUT2D eigenvalue weighted by Crippen LogP contribution is 2.21. The molecule has 0 atom stereocenters. The molecule has 3 N–H and O–H groups in total. The lowest BCUT2D eigenvalue weighted by molar-refractivity contribution is 0.466. The van der Waals surface area contributed by atoms with E-state index in [1.54, 1.807) is 0 Å². The fraction of sp³-hybridized carbons (Fsp3) is 0. The molecule has 0 bridgehead atoms. The van der Waals surface area contributed by atoms with Gasteiger partial charge in [0.2, 0.25) is 0 Å². The smallest absolute Gasteiger partial charge is 0.294 e. The highest BCUT2D eigenvalue weighted by atomic mass is 32.2. The first-order valence-electron chi connectivity index (χ1n) is 6.13. The van der Waals surface area contributed by atoms with E-state index in [1.807, 2.05) is 0 Å². The molecule has 23 heavy (non-hydrogen) atoms. The summed E-state index contributed by atoms with van der Waals surface area (Å²) >= 11 is 0. The third-order valence-corrected chi connectivity index (χ3v) is 4.56. The van der Waals surface area contributed by atoms with E-state index >= 15 is 0 Å². The zero-order valence-electron chi connectivity index (χ0n) is 11.5. The van der Waals surface area contributed by atoms with E-state index in [0.717, 1.165) is 12.1 Å². The maximum atomic E-state index is 11.1. The monoisotopic (exact) mass is 356 g/mol. The summed E-state index contributed by atoms with van der Waals surface area (Å²) in [5, 5.41) is 9.48. The molecule has 7 nitrogen and oxygen atoms in total. The summed E-state index contributed by atoms with van der Waals surface area (Å²) in [5.41, 5.74) is 0.894. The molecule has 0 unspecified atom stereocenters. The molecule has 0 radical (unpaired) electrons. The third-order valence-electron chi connectivity index (χ3n) is 2.86. The summed E-state index contributed by atoms with van der Waals surface area (Å²) in [5.74, 6) is -0.332. The molecule has 0 spiro atoms. The van der Waals surface area contributed by atoms with Crippen LogP contribution in [0.3, 0.4) is 0 Å². The standard InChI is InChI=1S/C14H12O7S2/c15-12-7-11(8-14(9-12)23(19,20)21)2-1-10-3-5-13(6-4-10)22(16,17)18/h1-9,15H,(H,16,17,18)(H,19,20,21). The van der Waals surface area contributed by atoms with Crippen molar-refractivity contribution in [1.29, 1.82) is 0 Å². The van der Waals surface area contributed by atoms with Gasteiger partial charge in [-0.1, -0.05) is 24.3 Å². The maximum Gasteiger partial charge on any atom is 0.294 e. The minimum Gasteiger partial charge on any atom is -0.508 e. The fourth-order valence-electron chi connectivity index (χ4n) is 1.79. The van der Waals surface area contributed by atoms with Crippen molar-refractivity contribution in [2.24, 2.45) is 0 Å². The average molecular weight is 356 g/mol. The van der Waals surface area contributed by atoms with Crippen LogP contribution in [0.5, 0.6) is 5.75 Å². The van der Waals surface area contributed by atoms with Crippen LogP contribution in [0, 0.1) is 0 Å². The number of phenolic OH excluding ortho intramolecular Hbond substituents is 1. The van der Waals surface area contributed by atoms with E-state index in [1.165, 1.54) is 42.5 Å². The highest BCUT2D eigenvalue weighted by molar-refractivity contribution is 7.86. The zero-order chi connectivity index (χ0) is 17.3. The molecule has 122 valence electrons. The van der Waals surface area contributed by atoms with Gasteiger partial charge in [-0.25, -0.2) is 0 Å². The Morgan fingerprint density at radius 1 is 0.696 bits per heavy atom. The van der Waals surface area contributed by atoms with Crippen LogP contribution in [0.1, 0.15) is 11.1 Å². The molecule has 2 aromatic rings. The van der Waals surface area contributed by atoms with Gasteiger partial charge in [-0.15, -0.1) is 0 Å². The van der Waals surface area contributed by atoms with Crippen molar-refractivity contribution in [3.05, 3.63) is 53.6 Å². The fourth-order valence-corrected chi connectivity index (χ4v) is 2.83. The van der Waals surface area contributed by atoms with Crippen LogP contribution in [0.15, 0.2) is 52.3 Å². The van der Waals surface area contributed by atoms with Gasteiger partial charge in [0.15, 0.2) is 0 Å². The van der Waals surface area contributed by atoms with Crippen LogP contribution < -0.4 is 0 Å². The zero-order valence-corrected chi connectivity index (χ0v) is 13.1. The van der Waals surface area contributed by atoms with E-state index in [2.05, 4.69) is 0 Å². The summed E-state index contributed by atoms with van der Waals surface area (Å²) in [4.78, 5) is -0.695. The maximum absolute atomic E-state index is 11.1. The predicted molar refractivity (Wildman–Crippen MR) is 83.1 cm³/mol. The lowest BCUT2D eigenvalue weighted by Gasteiger charge is -2.02. The highest BCUT2D eigenvalue weighted by Gasteiger charge is 2.11. The van der Waals surface area contributed by atoms with Gasteiger partial charge in [0.05, 0.1) is 9.79 Å². The van der Waals surface area contributed by atoms with Crippen molar-refractivity contribution in [3.8, 4) is 5.75 Å². The number of rotatable bonds is 4. The number of benzene rings is 2. The molecule has 0 amide bonds. The van der Waals surface area contributed by atoms with Crippen LogP contribution in [0.2, 0.25) is 0 Å². The Morgan fingerprint density at radius 2 is 1.22 bits per heavy atom. The van der Waals surface area contributed by atoms with Crippen LogP contribution in [0.4, 0.5) is 0 Å². The Labute approximate surface area is 133 Å². The summed E-state index contributed by atoms with van der Waals surface area (Å²) in [6, 6.07) is 8.66. The molecule has 2 aromatic carbocycles. The minimum atomic E-state index is -4.44. The lowest BCUT2D eigenvalue weighted by Crippen LogP contribution is -1.98. The van der Waals surface area contributed by atoms with Gasteiger partial charge < -0.3 is 5.11 Å². The van der Waals surface area contributed by atoms with Gasteiger partial charge in [-0.2, -0.15) is 16.8 Å². The molecule has 9 heteroatoms. The number of hydrogen-bond acceptors (Lipinski definition) is 5. The lowest BCUT2D eigenvalue weighted by atomic mass is 10.1. The molecule has 0 aliphatic rings. The molecule has 0 aliphatic heterocycles. The van der Waals surface area contributed by atoms with Crippen LogP contribution in [0.25, 0.3) is 12.2 Å². The van der Waals surface area contributed by atoms with E-state index < -0.39 is 25.1 Å². The number of aromatic hydroxyl groups is 1. The molecular weight excluding hydrogens is 344 g/mol. The molecule has 0 heterocycles. The molecule has 0 aromatic heterocycles. The normalized spacial score (nSPS) is 12.6. The van der Waals surface area contributed by atoms with Gasteiger partial charge in [-0.05, 0) is 35.4 Å². The van der Waals surface area contributed by atoms with E-state index in [-0.39, 0.29) is 10.6 Å². The summed E-state index contributed by atoms with van der Waals surface area (Å²) < 4.78 is 61.9. The van der Waals surface area contributed by atoms with Crippen molar-refractivity contribution in [2.75, 3.05) is 0 Å². The Balaban J connectivity index is 2.32. The second-order valence-electron chi connectivity index (χ2n) is 4.61. The van der Waals surface area contributed by atoms with Crippen molar-refractivity contribution < 1.29 is 31.0 Å². The molecule has 0 fully saturated rings.